The second-order valence-corrected chi connectivity index (χ2v) is 7.35. The summed E-state index contributed by atoms with van der Waals surface area (Å²) in [7, 11) is 1.62. The third-order valence-electron chi connectivity index (χ3n) is 4.90. The Morgan fingerprint density at radius 1 is 1.28 bits per heavy atom. The number of carbonyl (C=O) groups excluding carboxylic acids is 1. The number of nitrogens with zero attached hydrogens (tertiary/aromatic N) is 3. The van der Waals surface area contributed by atoms with Crippen molar-refractivity contribution in [3.05, 3.63) is 59.4 Å². The Bertz CT molecular complexity index is 1010. The monoisotopic (exact) mass is 412 g/mol. The van der Waals surface area contributed by atoms with Crippen molar-refractivity contribution in [2.45, 2.75) is 18.8 Å². The number of nitrogens with one attached hydrogen (secondary N) is 1. The molecule has 0 aliphatic carbocycles. The maximum absolute atomic E-state index is 12.6. The first kappa shape index (κ1) is 19.3. The van der Waals surface area contributed by atoms with Gasteiger partial charge in [0.25, 0.3) is 0 Å². The summed E-state index contributed by atoms with van der Waals surface area (Å²) in [5, 5.41) is 7.58. The summed E-state index contributed by atoms with van der Waals surface area (Å²) < 4.78 is 10.8. The Hall–Kier alpha value is -3.06. The minimum Gasteiger partial charge on any atom is -0.497 e. The van der Waals surface area contributed by atoms with Gasteiger partial charge in [-0.05, 0) is 43.2 Å². The van der Waals surface area contributed by atoms with E-state index in [9.17, 15) is 4.79 Å². The summed E-state index contributed by atoms with van der Waals surface area (Å²) in [5.41, 5.74) is 1.49. The SMILES string of the molecule is COc1cccc(-c2noc([C@H]3CCCN(C(=O)Nc4cccc(Cl)c4)C3)n2)c1. The third-order valence-corrected chi connectivity index (χ3v) is 5.14. The molecule has 1 saturated heterocycles. The molecule has 0 bridgehead atoms. The summed E-state index contributed by atoms with van der Waals surface area (Å²) in [6.45, 7) is 1.20. The summed E-state index contributed by atoms with van der Waals surface area (Å²) in [6, 6.07) is 14.4. The van der Waals surface area contributed by atoms with Gasteiger partial charge in [-0.15, -0.1) is 0 Å². The Kier molecular flexibility index (Phi) is 5.67. The van der Waals surface area contributed by atoms with Crippen LogP contribution in [-0.4, -0.2) is 41.3 Å². The molecule has 0 spiro atoms. The average Bonchev–Trinajstić information content (AvgIpc) is 3.24. The van der Waals surface area contributed by atoms with E-state index >= 15 is 0 Å². The van der Waals surface area contributed by atoms with Gasteiger partial charge in [0.2, 0.25) is 11.7 Å². The molecule has 0 saturated carbocycles. The van der Waals surface area contributed by atoms with Crippen molar-refractivity contribution in [2.24, 2.45) is 0 Å². The van der Waals surface area contributed by atoms with Gasteiger partial charge < -0.3 is 19.5 Å². The zero-order valence-electron chi connectivity index (χ0n) is 16.0. The van der Waals surface area contributed by atoms with Gasteiger partial charge in [-0.25, -0.2) is 4.79 Å². The van der Waals surface area contributed by atoms with Gasteiger partial charge in [0.1, 0.15) is 5.75 Å². The van der Waals surface area contributed by atoms with Crippen molar-refractivity contribution in [1.82, 2.24) is 15.0 Å². The minimum absolute atomic E-state index is 0.000666. The second-order valence-electron chi connectivity index (χ2n) is 6.91. The number of hydrogen-bond acceptors (Lipinski definition) is 5. The summed E-state index contributed by atoms with van der Waals surface area (Å²) >= 11 is 5.99. The van der Waals surface area contributed by atoms with Gasteiger partial charge in [0.05, 0.1) is 13.0 Å². The number of likely N-dealkylation sites (tertiary alicyclic amines) is 1. The number of carbonyl (C=O) groups is 1. The lowest BCUT2D eigenvalue weighted by atomic mass is 9.98. The fraction of sp³-hybridized carbons (Fsp3) is 0.286. The molecule has 1 aromatic heterocycles. The molecule has 4 rings (SSSR count). The standard InChI is InChI=1S/C21H21ClN4O3/c1-28-18-9-2-5-14(11-18)19-24-20(29-25-19)15-6-4-10-26(13-15)21(27)23-17-8-3-7-16(22)12-17/h2-3,5,7-9,11-12,15H,4,6,10,13H2,1H3,(H,23,27)/t15-/m0/s1. The smallest absolute Gasteiger partial charge is 0.321 e. The van der Waals surface area contributed by atoms with Crippen LogP contribution in [0.3, 0.4) is 0 Å². The van der Waals surface area contributed by atoms with Crippen LogP contribution in [0.5, 0.6) is 5.75 Å². The molecule has 8 heteroatoms. The van der Waals surface area contributed by atoms with Crippen molar-refractivity contribution < 1.29 is 14.1 Å². The predicted molar refractivity (Wildman–Crippen MR) is 110 cm³/mol. The zero-order chi connectivity index (χ0) is 20.2. The van der Waals surface area contributed by atoms with E-state index < -0.39 is 0 Å². The fourth-order valence-electron chi connectivity index (χ4n) is 3.41. The number of ether oxygens (including phenoxy) is 1. The molecular weight excluding hydrogens is 392 g/mol. The van der Waals surface area contributed by atoms with E-state index in [0.717, 1.165) is 24.2 Å². The van der Waals surface area contributed by atoms with Crippen LogP contribution in [0, 0.1) is 0 Å². The van der Waals surface area contributed by atoms with E-state index in [-0.39, 0.29) is 11.9 Å². The van der Waals surface area contributed by atoms with Crippen LogP contribution < -0.4 is 10.1 Å². The Balaban J connectivity index is 1.44. The average molecular weight is 413 g/mol. The van der Waals surface area contributed by atoms with Gasteiger partial charge in [-0.2, -0.15) is 4.98 Å². The molecule has 0 radical (unpaired) electrons. The molecule has 3 aromatic rings. The highest BCUT2D eigenvalue weighted by Crippen LogP contribution is 2.29. The van der Waals surface area contributed by atoms with E-state index in [0.29, 0.717) is 35.5 Å². The number of methoxy groups -OCH3 is 1. The molecule has 2 aromatic carbocycles. The zero-order valence-corrected chi connectivity index (χ0v) is 16.7. The largest absolute Gasteiger partial charge is 0.497 e. The van der Waals surface area contributed by atoms with Gasteiger partial charge in [-0.1, -0.05) is 35.0 Å². The van der Waals surface area contributed by atoms with Crippen molar-refractivity contribution in [1.29, 1.82) is 0 Å². The maximum atomic E-state index is 12.6. The summed E-state index contributed by atoms with van der Waals surface area (Å²) in [4.78, 5) is 19.0. The lowest BCUT2D eigenvalue weighted by Gasteiger charge is -2.31. The van der Waals surface area contributed by atoms with E-state index in [4.69, 9.17) is 20.9 Å². The molecule has 1 N–H and O–H groups in total. The number of rotatable bonds is 4. The van der Waals surface area contributed by atoms with E-state index in [1.807, 2.05) is 30.3 Å². The van der Waals surface area contributed by atoms with Crippen LogP contribution in [0.2, 0.25) is 5.02 Å². The second kappa shape index (κ2) is 8.53. The first-order valence-corrected chi connectivity index (χ1v) is 9.79. The van der Waals surface area contributed by atoms with Crippen molar-refractivity contribution in [3.63, 3.8) is 0 Å². The summed E-state index contributed by atoms with van der Waals surface area (Å²) in [6.07, 6.45) is 1.76. The van der Waals surface area contributed by atoms with Crippen molar-refractivity contribution >= 4 is 23.3 Å². The van der Waals surface area contributed by atoms with Gasteiger partial charge in [0, 0.05) is 29.4 Å². The quantitative estimate of drug-likeness (QED) is 0.665. The number of anilines is 1. The molecular formula is C21H21ClN4O3. The van der Waals surface area contributed by atoms with Crippen LogP contribution in [-0.2, 0) is 0 Å². The van der Waals surface area contributed by atoms with Crippen molar-refractivity contribution in [3.8, 4) is 17.1 Å². The molecule has 2 amide bonds. The maximum Gasteiger partial charge on any atom is 0.321 e. The Morgan fingerprint density at radius 3 is 2.97 bits per heavy atom. The Morgan fingerprint density at radius 2 is 2.14 bits per heavy atom. The number of benzene rings is 2. The van der Waals surface area contributed by atoms with Crippen LogP contribution >= 0.6 is 11.6 Å². The minimum atomic E-state index is -0.162. The highest BCUT2D eigenvalue weighted by atomic mass is 35.5. The normalized spacial score (nSPS) is 16.5. The van der Waals surface area contributed by atoms with Gasteiger partial charge in [0.15, 0.2) is 0 Å². The van der Waals surface area contributed by atoms with Crippen LogP contribution in [0.15, 0.2) is 53.1 Å². The summed E-state index contributed by atoms with van der Waals surface area (Å²) in [5.74, 6) is 1.79. The Labute approximate surface area is 173 Å². The lowest BCUT2D eigenvalue weighted by Crippen LogP contribution is -2.41. The lowest BCUT2D eigenvalue weighted by molar-refractivity contribution is 0.184. The number of halogens is 1. The molecule has 1 aliphatic rings. The van der Waals surface area contributed by atoms with Crippen molar-refractivity contribution in [2.75, 3.05) is 25.5 Å². The molecule has 29 heavy (non-hydrogen) atoms. The molecule has 1 aliphatic heterocycles. The molecule has 0 unspecified atom stereocenters. The predicted octanol–water partition coefficient (Wildman–Crippen LogP) is 4.81. The molecule has 1 fully saturated rings. The van der Waals surface area contributed by atoms with Gasteiger partial charge in [-0.3, -0.25) is 0 Å². The highest BCUT2D eigenvalue weighted by molar-refractivity contribution is 6.30. The molecule has 1 atom stereocenters. The van der Waals surface area contributed by atoms with Crippen LogP contribution in [0.25, 0.3) is 11.4 Å². The molecule has 7 nitrogen and oxygen atoms in total. The first-order valence-electron chi connectivity index (χ1n) is 9.42. The third kappa shape index (κ3) is 4.51. The fourth-order valence-corrected chi connectivity index (χ4v) is 3.60. The van der Waals surface area contributed by atoms with E-state index in [2.05, 4.69) is 15.5 Å². The number of urea groups is 1. The topological polar surface area (TPSA) is 80.5 Å². The van der Waals surface area contributed by atoms with Gasteiger partial charge >= 0.3 is 6.03 Å². The number of aromatic nitrogens is 2. The number of amides is 2. The van der Waals surface area contributed by atoms with E-state index in [1.54, 1.807) is 30.2 Å². The highest BCUT2D eigenvalue weighted by Gasteiger charge is 2.29. The molecule has 150 valence electrons. The van der Waals surface area contributed by atoms with E-state index in [1.165, 1.54) is 0 Å². The van der Waals surface area contributed by atoms with Crippen LogP contribution in [0.4, 0.5) is 10.5 Å². The number of piperidine rings is 1. The van der Waals surface area contributed by atoms with Crippen LogP contribution in [0.1, 0.15) is 24.7 Å². The molecule has 2 heterocycles. The first-order chi connectivity index (χ1) is 14.1. The number of hydrogen-bond donors (Lipinski definition) is 1.